The number of fused-ring (bicyclic) bond motifs is 5. The molecule has 168 valence electrons. The quantitative estimate of drug-likeness (QED) is 0.244. The lowest BCUT2D eigenvalue weighted by molar-refractivity contribution is 0.476. The molecule has 0 N–H and O–H groups in total. The van der Waals surface area contributed by atoms with Crippen molar-refractivity contribution < 1.29 is 4.74 Å². The highest BCUT2D eigenvalue weighted by atomic mass is 16.5. The molecule has 5 aromatic carbocycles. The van der Waals surface area contributed by atoms with Gasteiger partial charge in [-0.3, -0.25) is 9.55 Å². The summed E-state index contributed by atoms with van der Waals surface area (Å²) in [6.45, 7) is 0. The summed E-state index contributed by atoms with van der Waals surface area (Å²) in [5, 5.41) is 3.46. The maximum absolute atomic E-state index is 6.48. The molecule has 1 aliphatic rings. The highest BCUT2D eigenvalue weighted by Gasteiger charge is 2.25. The number of pyridine rings is 1. The molecule has 0 fully saturated rings. The van der Waals surface area contributed by atoms with Crippen molar-refractivity contribution >= 4 is 32.7 Å². The summed E-state index contributed by atoms with van der Waals surface area (Å²) in [7, 11) is 0. The highest BCUT2D eigenvalue weighted by molar-refractivity contribution is 6.12. The Hall–Kier alpha value is -4.96. The van der Waals surface area contributed by atoms with E-state index in [0.717, 1.165) is 67.0 Å². The highest BCUT2D eigenvalue weighted by Crippen LogP contribution is 2.45. The van der Waals surface area contributed by atoms with Gasteiger partial charge in [0.2, 0.25) is 0 Å². The fourth-order valence-corrected chi connectivity index (χ4v) is 5.41. The molecule has 0 bridgehead atoms. The van der Waals surface area contributed by atoms with Gasteiger partial charge in [0, 0.05) is 22.5 Å². The van der Waals surface area contributed by atoms with E-state index in [4.69, 9.17) is 14.7 Å². The fourth-order valence-electron chi connectivity index (χ4n) is 5.41. The molecule has 0 amide bonds. The maximum Gasteiger partial charge on any atom is 0.153 e. The standard InChI is InChI=1S/C32H19N3O/c1-2-8-20(9-3-1)32-34-26-13-6-14-28-31(26)35(32)27-16-15-22(19-29(27)36-28)25-18-21-10-4-5-11-23(21)30-24(25)12-7-17-33-30/h1-19H. The number of nitrogens with zero attached hydrogens (tertiary/aromatic N) is 3. The molecule has 0 spiro atoms. The van der Waals surface area contributed by atoms with Gasteiger partial charge in [0.1, 0.15) is 11.3 Å². The van der Waals surface area contributed by atoms with Gasteiger partial charge in [-0.2, -0.15) is 0 Å². The van der Waals surface area contributed by atoms with Crippen LogP contribution < -0.4 is 4.74 Å². The third kappa shape index (κ3) is 2.70. The van der Waals surface area contributed by atoms with E-state index in [1.54, 1.807) is 0 Å². The van der Waals surface area contributed by atoms with Gasteiger partial charge in [-0.15, -0.1) is 0 Å². The Balaban J connectivity index is 1.39. The molecule has 0 atom stereocenters. The first-order chi connectivity index (χ1) is 17.8. The summed E-state index contributed by atoms with van der Waals surface area (Å²) >= 11 is 0. The third-order valence-electron chi connectivity index (χ3n) is 7.02. The van der Waals surface area contributed by atoms with E-state index in [2.05, 4.69) is 71.3 Å². The zero-order valence-electron chi connectivity index (χ0n) is 19.2. The van der Waals surface area contributed by atoms with Gasteiger partial charge in [-0.05, 0) is 52.9 Å². The van der Waals surface area contributed by atoms with Crippen LogP contribution in [0.5, 0.6) is 11.5 Å². The Morgan fingerprint density at radius 1 is 0.639 bits per heavy atom. The van der Waals surface area contributed by atoms with E-state index in [-0.39, 0.29) is 0 Å². The number of hydrogen-bond acceptors (Lipinski definition) is 3. The van der Waals surface area contributed by atoms with Crippen molar-refractivity contribution in [3.63, 3.8) is 0 Å². The van der Waals surface area contributed by atoms with Gasteiger partial charge in [0.25, 0.3) is 0 Å². The maximum atomic E-state index is 6.48. The Labute approximate surface area is 207 Å². The Morgan fingerprint density at radius 2 is 1.50 bits per heavy atom. The van der Waals surface area contributed by atoms with Crippen LogP contribution in [-0.2, 0) is 0 Å². The van der Waals surface area contributed by atoms with Gasteiger partial charge in [0.05, 0.1) is 16.7 Å². The van der Waals surface area contributed by atoms with E-state index < -0.39 is 0 Å². The van der Waals surface area contributed by atoms with Crippen LogP contribution in [0.4, 0.5) is 0 Å². The van der Waals surface area contributed by atoms with Crippen molar-refractivity contribution in [2.75, 3.05) is 0 Å². The molecule has 3 heterocycles. The zero-order chi connectivity index (χ0) is 23.6. The number of hydrogen-bond donors (Lipinski definition) is 0. The largest absolute Gasteiger partial charge is 0.453 e. The number of imidazole rings is 1. The summed E-state index contributed by atoms with van der Waals surface area (Å²) in [6, 6.07) is 37.7. The lowest BCUT2D eigenvalue weighted by Gasteiger charge is -2.22. The van der Waals surface area contributed by atoms with Crippen LogP contribution in [0, 0.1) is 0 Å². The zero-order valence-corrected chi connectivity index (χ0v) is 19.2. The molecular weight excluding hydrogens is 442 g/mol. The molecule has 4 nitrogen and oxygen atoms in total. The monoisotopic (exact) mass is 461 g/mol. The fraction of sp³-hybridized carbons (Fsp3) is 0. The lowest BCUT2D eigenvalue weighted by atomic mass is 9.95. The Kier molecular flexibility index (Phi) is 3.91. The Bertz CT molecular complexity index is 1970. The van der Waals surface area contributed by atoms with Gasteiger partial charge in [0.15, 0.2) is 11.5 Å². The predicted octanol–water partition coefficient (Wildman–Crippen LogP) is 8.17. The van der Waals surface area contributed by atoms with Crippen molar-refractivity contribution in [1.82, 2.24) is 14.5 Å². The molecule has 8 rings (SSSR count). The van der Waals surface area contributed by atoms with Gasteiger partial charge in [-0.1, -0.05) is 72.8 Å². The van der Waals surface area contributed by atoms with Crippen LogP contribution in [0.1, 0.15) is 0 Å². The molecule has 0 saturated heterocycles. The topological polar surface area (TPSA) is 39.9 Å². The summed E-state index contributed by atoms with van der Waals surface area (Å²) < 4.78 is 8.71. The molecule has 0 unspecified atom stereocenters. The molecule has 2 aromatic heterocycles. The second-order valence-electron chi connectivity index (χ2n) is 9.09. The van der Waals surface area contributed by atoms with Gasteiger partial charge < -0.3 is 4.74 Å². The van der Waals surface area contributed by atoms with E-state index in [9.17, 15) is 0 Å². The smallest absolute Gasteiger partial charge is 0.153 e. The normalized spacial score (nSPS) is 12.1. The average Bonchev–Trinajstić information content (AvgIpc) is 3.34. The van der Waals surface area contributed by atoms with E-state index >= 15 is 0 Å². The number of benzene rings is 5. The van der Waals surface area contributed by atoms with Crippen molar-refractivity contribution in [2.45, 2.75) is 0 Å². The molecule has 36 heavy (non-hydrogen) atoms. The summed E-state index contributed by atoms with van der Waals surface area (Å²) in [6.07, 6.45) is 1.86. The number of ether oxygens (including phenoxy) is 1. The molecule has 1 aliphatic heterocycles. The number of aromatic nitrogens is 3. The SMILES string of the molecule is c1ccc(-c2nc3cccc4c3n2-c2ccc(-c3cc5ccccc5c5ncccc35)cc2O4)cc1. The number of para-hydroxylation sites is 1. The van der Waals surface area contributed by atoms with Crippen molar-refractivity contribution in [3.05, 3.63) is 115 Å². The van der Waals surface area contributed by atoms with E-state index in [1.807, 2.05) is 48.7 Å². The number of rotatable bonds is 2. The van der Waals surface area contributed by atoms with Crippen LogP contribution >= 0.6 is 0 Å². The van der Waals surface area contributed by atoms with Crippen LogP contribution in [0.3, 0.4) is 0 Å². The van der Waals surface area contributed by atoms with Crippen LogP contribution in [0.15, 0.2) is 115 Å². The van der Waals surface area contributed by atoms with Crippen molar-refractivity contribution in [3.8, 4) is 39.7 Å². The van der Waals surface area contributed by atoms with E-state index in [0.29, 0.717) is 0 Å². The molecule has 0 aliphatic carbocycles. The predicted molar refractivity (Wildman–Crippen MR) is 145 cm³/mol. The van der Waals surface area contributed by atoms with Crippen molar-refractivity contribution in [1.29, 1.82) is 0 Å². The minimum Gasteiger partial charge on any atom is -0.453 e. The second kappa shape index (κ2) is 7.27. The van der Waals surface area contributed by atoms with Crippen molar-refractivity contribution in [2.24, 2.45) is 0 Å². The summed E-state index contributed by atoms with van der Waals surface area (Å²) in [4.78, 5) is 9.72. The van der Waals surface area contributed by atoms with Crippen LogP contribution in [0.25, 0.3) is 60.9 Å². The van der Waals surface area contributed by atoms with Crippen LogP contribution in [-0.4, -0.2) is 14.5 Å². The molecule has 4 heteroatoms. The first kappa shape index (κ1) is 19.4. The molecule has 0 saturated carbocycles. The van der Waals surface area contributed by atoms with Crippen LogP contribution in [0.2, 0.25) is 0 Å². The van der Waals surface area contributed by atoms with E-state index in [1.165, 1.54) is 5.39 Å². The second-order valence-corrected chi connectivity index (χ2v) is 9.09. The first-order valence-corrected chi connectivity index (χ1v) is 12.0. The minimum absolute atomic E-state index is 0.813. The molecular formula is C32H19N3O. The average molecular weight is 462 g/mol. The van der Waals surface area contributed by atoms with Gasteiger partial charge >= 0.3 is 0 Å². The van der Waals surface area contributed by atoms with Gasteiger partial charge in [-0.25, -0.2) is 4.98 Å². The minimum atomic E-state index is 0.813. The molecule has 7 aromatic rings. The lowest BCUT2D eigenvalue weighted by Crippen LogP contribution is -2.06. The summed E-state index contributed by atoms with van der Waals surface area (Å²) in [5.74, 6) is 2.54. The summed E-state index contributed by atoms with van der Waals surface area (Å²) in [5.41, 5.74) is 7.22. The Morgan fingerprint density at radius 3 is 2.44 bits per heavy atom. The first-order valence-electron chi connectivity index (χ1n) is 12.0. The third-order valence-corrected chi connectivity index (χ3v) is 7.02. The molecule has 0 radical (unpaired) electrons.